The molecular weight excluding hydrogens is 570 g/mol. The summed E-state index contributed by atoms with van der Waals surface area (Å²) >= 11 is 0. The number of ether oxygens (including phenoxy) is 1. The number of aromatic nitrogens is 1. The van der Waals surface area contributed by atoms with Crippen molar-refractivity contribution in [2.75, 3.05) is 0 Å². The molecule has 0 radical (unpaired) electrons. The molecule has 4 aromatic rings. The van der Waals surface area contributed by atoms with Gasteiger partial charge in [0.05, 0.1) is 22.2 Å². The van der Waals surface area contributed by atoms with Gasteiger partial charge >= 0.3 is 30.3 Å². The molecule has 16 heteroatoms. The summed E-state index contributed by atoms with van der Waals surface area (Å²) in [7, 11) is 0. The second kappa shape index (κ2) is 12.9. The van der Waals surface area contributed by atoms with E-state index in [1.165, 1.54) is 25.3 Å². The molecule has 218 valence electrons. The van der Waals surface area contributed by atoms with Crippen LogP contribution in [0.15, 0.2) is 70.1 Å². The molecule has 0 aliphatic carbocycles. The normalized spacial score (nSPS) is 11.9. The van der Waals surface area contributed by atoms with Crippen LogP contribution < -0.4 is 15.9 Å². The van der Waals surface area contributed by atoms with Crippen LogP contribution in [-0.2, 0) is 14.4 Å². The van der Waals surface area contributed by atoms with Gasteiger partial charge in [0.2, 0.25) is 5.43 Å². The molecule has 2 heterocycles. The zero-order valence-electron chi connectivity index (χ0n) is 20.5. The number of carboxylic acid groups (broad SMARTS) is 2. The lowest BCUT2D eigenvalue weighted by Crippen LogP contribution is -2.30. The lowest BCUT2D eigenvalue weighted by atomic mass is 10.1. The summed E-state index contributed by atoms with van der Waals surface area (Å²) in [6.07, 6.45) is -8.79. The van der Waals surface area contributed by atoms with E-state index in [2.05, 4.69) is 4.98 Å². The number of aliphatic carboxylic acids is 2. The molecule has 0 aliphatic heterocycles. The van der Waals surface area contributed by atoms with E-state index < -0.39 is 36.3 Å². The number of esters is 1. The summed E-state index contributed by atoms with van der Waals surface area (Å²) in [5.41, 5.74) is 7.31. The molecule has 41 heavy (non-hydrogen) atoms. The van der Waals surface area contributed by atoms with E-state index in [-0.39, 0.29) is 11.2 Å². The lowest BCUT2D eigenvalue weighted by molar-refractivity contribution is -0.193. The van der Waals surface area contributed by atoms with Crippen LogP contribution in [0.25, 0.3) is 33.1 Å². The number of nitrogens with two attached hydrogens (primary N) is 1. The van der Waals surface area contributed by atoms with Gasteiger partial charge in [0.25, 0.3) is 0 Å². The van der Waals surface area contributed by atoms with E-state index in [1.54, 1.807) is 12.1 Å². The molecule has 2 aromatic heterocycles. The van der Waals surface area contributed by atoms with Crippen molar-refractivity contribution in [2.24, 2.45) is 5.73 Å². The van der Waals surface area contributed by atoms with Gasteiger partial charge in [-0.2, -0.15) is 26.3 Å². The molecular formula is C25H18F6N2O8. The minimum atomic E-state index is -5.08. The number of carbonyl (C=O) groups excluding carboxylic acids is 1. The van der Waals surface area contributed by atoms with Crippen molar-refractivity contribution in [1.29, 1.82) is 0 Å². The van der Waals surface area contributed by atoms with Gasteiger partial charge in [-0.25, -0.2) is 19.4 Å². The fourth-order valence-corrected chi connectivity index (χ4v) is 2.77. The van der Waals surface area contributed by atoms with Gasteiger partial charge in [0.1, 0.15) is 23.6 Å². The number of halogens is 6. The first-order valence-corrected chi connectivity index (χ1v) is 10.9. The second-order valence-electron chi connectivity index (χ2n) is 7.84. The summed E-state index contributed by atoms with van der Waals surface area (Å²) in [6.45, 7) is 1.53. The van der Waals surface area contributed by atoms with Crippen LogP contribution in [-0.4, -0.2) is 51.5 Å². The second-order valence-corrected chi connectivity index (χ2v) is 7.84. The van der Waals surface area contributed by atoms with Crippen molar-refractivity contribution >= 4 is 39.8 Å². The highest BCUT2D eigenvalue weighted by molar-refractivity contribution is 5.86. The van der Waals surface area contributed by atoms with Crippen molar-refractivity contribution in [3.8, 4) is 17.0 Å². The number of hydrogen-bond donors (Lipinski definition) is 3. The van der Waals surface area contributed by atoms with Crippen LogP contribution in [0, 0.1) is 0 Å². The van der Waals surface area contributed by atoms with Gasteiger partial charge in [-0.05, 0) is 31.2 Å². The Morgan fingerprint density at radius 1 is 0.927 bits per heavy atom. The molecule has 0 unspecified atom stereocenters. The number of alkyl halides is 6. The summed E-state index contributed by atoms with van der Waals surface area (Å²) in [6, 6.07) is 15.2. The number of para-hydroxylation sites is 1. The summed E-state index contributed by atoms with van der Waals surface area (Å²) in [5, 5.41) is 15.6. The average Bonchev–Trinajstić information content (AvgIpc) is 2.88. The Bertz CT molecular complexity index is 1610. The summed E-state index contributed by atoms with van der Waals surface area (Å²) in [4.78, 5) is 46.8. The SMILES string of the molecule is C[C@H](N)C(=O)Oc1ccc2c(=O)c(-c3ccc4ccccc4n3)coc2c1.O=C(O)C(F)(F)F.O=C(O)C(F)(F)F. The molecule has 4 N–H and O–H groups in total. The Kier molecular flexibility index (Phi) is 10.1. The molecule has 0 amide bonds. The number of carboxylic acids is 2. The number of fused-ring (bicyclic) bond motifs is 2. The standard InChI is InChI=1S/C21H16N2O4.2C2HF3O2/c1-12(22)21(25)27-14-7-8-15-19(10-14)26-11-16(20(15)24)18-9-6-13-4-2-3-5-17(13)23-18;2*3-2(4,5)1(6)7/h2-12H,22H2,1H3;2*(H,6,7)/t12-;;/m0../s1. The van der Waals surface area contributed by atoms with E-state index in [4.69, 9.17) is 34.7 Å². The molecule has 1 atom stereocenters. The number of carbonyl (C=O) groups is 3. The third-order valence-corrected chi connectivity index (χ3v) is 4.70. The Morgan fingerprint density at radius 3 is 2.02 bits per heavy atom. The van der Waals surface area contributed by atoms with Crippen molar-refractivity contribution in [2.45, 2.75) is 25.3 Å². The molecule has 0 bridgehead atoms. The number of rotatable bonds is 3. The maximum atomic E-state index is 12.9. The molecule has 10 nitrogen and oxygen atoms in total. The van der Waals surface area contributed by atoms with Crippen LogP contribution >= 0.6 is 0 Å². The predicted octanol–water partition coefficient (Wildman–Crippen LogP) is 4.53. The van der Waals surface area contributed by atoms with Crippen molar-refractivity contribution in [1.82, 2.24) is 4.98 Å². The number of nitrogens with zero attached hydrogens (tertiary/aromatic N) is 1. The van der Waals surface area contributed by atoms with Crippen molar-refractivity contribution < 1.29 is 60.1 Å². The van der Waals surface area contributed by atoms with Crippen LogP contribution in [0.1, 0.15) is 6.92 Å². The van der Waals surface area contributed by atoms with E-state index >= 15 is 0 Å². The zero-order valence-corrected chi connectivity index (χ0v) is 20.5. The van der Waals surface area contributed by atoms with Gasteiger partial charge in [0.15, 0.2) is 0 Å². The number of benzene rings is 2. The van der Waals surface area contributed by atoms with Crippen LogP contribution in [0.3, 0.4) is 0 Å². The van der Waals surface area contributed by atoms with Gasteiger partial charge in [-0.3, -0.25) is 4.79 Å². The van der Waals surface area contributed by atoms with E-state index in [0.717, 1.165) is 10.9 Å². The molecule has 2 aromatic carbocycles. The maximum absolute atomic E-state index is 12.9. The van der Waals surface area contributed by atoms with Crippen LogP contribution in [0.4, 0.5) is 26.3 Å². The average molecular weight is 588 g/mol. The third-order valence-electron chi connectivity index (χ3n) is 4.70. The quantitative estimate of drug-likeness (QED) is 0.176. The van der Waals surface area contributed by atoms with E-state index in [1.807, 2.05) is 30.3 Å². The molecule has 0 fully saturated rings. The molecule has 0 saturated carbocycles. The summed E-state index contributed by atoms with van der Waals surface area (Å²) in [5.74, 6) is -5.81. The number of pyridine rings is 1. The third kappa shape index (κ3) is 9.03. The Labute approximate surface area is 224 Å². The van der Waals surface area contributed by atoms with Crippen LogP contribution in [0.5, 0.6) is 5.75 Å². The minimum absolute atomic E-state index is 0.205. The first kappa shape index (κ1) is 32.2. The number of hydrogen-bond acceptors (Lipinski definition) is 8. The highest BCUT2D eigenvalue weighted by Crippen LogP contribution is 2.24. The predicted molar refractivity (Wildman–Crippen MR) is 130 cm³/mol. The fraction of sp³-hybridized carbons (Fsp3) is 0.160. The van der Waals surface area contributed by atoms with E-state index in [9.17, 15) is 35.9 Å². The fourth-order valence-electron chi connectivity index (χ4n) is 2.77. The highest BCUT2D eigenvalue weighted by atomic mass is 19.4. The van der Waals surface area contributed by atoms with Crippen molar-refractivity contribution in [3.05, 3.63) is 71.1 Å². The highest BCUT2D eigenvalue weighted by Gasteiger charge is 2.38. The monoisotopic (exact) mass is 588 g/mol. The lowest BCUT2D eigenvalue weighted by Gasteiger charge is -2.08. The first-order valence-electron chi connectivity index (χ1n) is 10.9. The minimum Gasteiger partial charge on any atom is -0.475 e. The van der Waals surface area contributed by atoms with E-state index in [0.29, 0.717) is 22.2 Å². The Hall–Kier alpha value is -4.99. The topological polar surface area (TPSA) is 170 Å². The largest absolute Gasteiger partial charge is 0.490 e. The van der Waals surface area contributed by atoms with Gasteiger partial charge in [-0.1, -0.05) is 24.3 Å². The first-order chi connectivity index (χ1) is 18.9. The Morgan fingerprint density at radius 2 is 1.49 bits per heavy atom. The van der Waals surface area contributed by atoms with Gasteiger partial charge in [-0.15, -0.1) is 0 Å². The van der Waals surface area contributed by atoms with Gasteiger partial charge in [0, 0.05) is 11.5 Å². The van der Waals surface area contributed by atoms with Crippen molar-refractivity contribution in [3.63, 3.8) is 0 Å². The molecule has 4 rings (SSSR count). The summed E-state index contributed by atoms with van der Waals surface area (Å²) < 4.78 is 74.2. The van der Waals surface area contributed by atoms with Crippen LogP contribution in [0.2, 0.25) is 0 Å². The Balaban J connectivity index is 0.000000349. The molecule has 0 aliphatic rings. The smallest absolute Gasteiger partial charge is 0.475 e. The molecule has 0 spiro atoms. The van der Waals surface area contributed by atoms with Gasteiger partial charge < -0.3 is 25.1 Å². The zero-order chi connectivity index (χ0) is 31.1. The molecule has 0 saturated heterocycles. The maximum Gasteiger partial charge on any atom is 0.490 e.